The van der Waals surface area contributed by atoms with Crippen molar-refractivity contribution in [3.8, 4) is 0 Å². The zero-order valence-corrected chi connectivity index (χ0v) is 9.23. The second-order valence-electron chi connectivity index (χ2n) is 3.34. The van der Waals surface area contributed by atoms with Crippen molar-refractivity contribution in [3.63, 3.8) is 0 Å². The topological polar surface area (TPSA) is 24.1 Å². The Kier molecular flexibility index (Phi) is 4.71. The van der Waals surface area contributed by atoms with Gasteiger partial charge in [-0.05, 0) is 38.6 Å². The van der Waals surface area contributed by atoms with E-state index in [0.29, 0.717) is 0 Å². The van der Waals surface area contributed by atoms with Crippen LogP contribution in [-0.4, -0.2) is 19.6 Å². The molecule has 0 aromatic carbocycles. The van der Waals surface area contributed by atoms with E-state index in [1.165, 1.54) is 32.2 Å². The molecule has 0 unspecified atom stereocenters. The third kappa shape index (κ3) is 3.25. The second-order valence-corrected chi connectivity index (χ2v) is 4.11. The van der Waals surface area contributed by atoms with Gasteiger partial charge in [0.05, 0.1) is 0 Å². The largest absolute Gasteiger partial charge is 0.317 e. The van der Waals surface area contributed by atoms with E-state index in [2.05, 4.69) is 38.8 Å². The monoisotopic (exact) mass is 268 g/mol. The van der Waals surface area contributed by atoms with Crippen molar-refractivity contribution in [2.75, 3.05) is 13.6 Å². The highest BCUT2D eigenvalue weighted by Crippen LogP contribution is 2.23. The fourth-order valence-corrected chi connectivity index (χ4v) is 2.39. The van der Waals surface area contributed by atoms with Crippen LogP contribution < -0.4 is 8.85 Å². The maximum absolute atomic E-state index is 3.34. The average molecular weight is 268 g/mol. The summed E-state index contributed by atoms with van der Waals surface area (Å²) in [5.41, 5.74) is 0. The van der Waals surface area contributed by atoms with Gasteiger partial charge in [0.1, 0.15) is 0 Å². The Morgan fingerprint density at radius 1 is 1.27 bits per heavy atom. The van der Waals surface area contributed by atoms with E-state index >= 15 is 0 Å². The molecule has 2 N–H and O–H groups in total. The Bertz CT molecular complexity index is 100. The molecule has 0 heterocycles. The molecule has 0 aromatic heterocycles. The summed E-state index contributed by atoms with van der Waals surface area (Å²) in [5.74, 6) is 0.927. The van der Waals surface area contributed by atoms with Crippen LogP contribution in [0.3, 0.4) is 0 Å². The van der Waals surface area contributed by atoms with Gasteiger partial charge in [0.2, 0.25) is 0 Å². The maximum Gasteiger partial charge on any atom is 0.0169 e. The first-order valence-electron chi connectivity index (χ1n) is 4.37. The molecule has 1 aliphatic carbocycles. The number of nitrogens with one attached hydrogen (secondary N) is 2. The van der Waals surface area contributed by atoms with Crippen LogP contribution in [0.5, 0.6) is 0 Å². The van der Waals surface area contributed by atoms with Gasteiger partial charge in [-0.1, -0.05) is 0 Å². The summed E-state index contributed by atoms with van der Waals surface area (Å²) >= 11 is 2.24. The molecular weight excluding hydrogens is 251 g/mol. The van der Waals surface area contributed by atoms with Crippen molar-refractivity contribution in [3.05, 3.63) is 0 Å². The molecule has 1 aliphatic rings. The van der Waals surface area contributed by atoms with Crippen molar-refractivity contribution < 1.29 is 0 Å². The average Bonchev–Trinajstić information content (AvgIpc) is 2.07. The number of hydrogen-bond acceptors (Lipinski definition) is 2. The highest BCUT2D eigenvalue weighted by atomic mass is 127. The number of halogens is 1. The molecule has 1 rings (SSSR count). The third-order valence-electron chi connectivity index (χ3n) is 2.62. The predicted molar refractivity (Wildman–Crippen MR) is 56.8 cm³/mol. The lowest BCUT2D eigenvalue weighted by Crippen LogP contribution is -2.32. The summed E-state index contributed by atoms with van der Waals surface area (Å²) in [6.45, 7) is 1.19. The minimum atomic E-state index is 0.792. The van der Waals surface area contributed by atoms with Crippen molar-refractivity contribution in [2.24, 2.45) is 5.92 Å². The van der Waals surface area contributed by atoms with Crippen molar-refractivity contribution in [1.29, 1.82) is 0 Å². The van der Waals surface area contributed by atoms with Gasteiger partial charge in [0.25, 0.3) is 0 Å². The maximum atomic E-state index is 3.34. The fourth-order valence-electron chi connectivity index (χ4n) is 1.76. The quantitative estimate of drug-likeness (QED) is 0.601. The molecule has 66 valence electrons. The van der Waals surface area contributed by atoms with E-state index in [-0.39, 0.29) is 0 Å². The van der Waals surface area contributed by atoms with Crippen LogP contribution in [0.4, 0.5) is 0 Å². The van der Waals surface area contributed by atoms with Gasteiger partial charge < -0.3 is 5.32 Å². The number of rotatable bonds is 3. The van der Waals surface area contributed by atoms with Gasteiger partial charge >= 0.3 is 0 Å². The molecular formula is C8H17IN2. The minimum absolute atomic E-state index is 0.792. The second kappa shape index (κ2) is 5.32. The van der Waals surface area contributed by atoms with E-state index in [0.717, 1.165) is 12.0 Å². The van der Waals surface area contributed by atoms with Crippen LogP contribution in [0, 0.1) is 5.92 Å². The molecule has 0 spiro atoms. The highest BCUT2D eigenvalue weighted by Gasteiger charge is 2.18. The molecule has 1 saturated carbocycles. The van der Waals surface area contributed by atoms with Crippen LogP contribution in [0.15, 0.2) is 0 Å². The van der Waals surface area contributed by atoms with E-state index in [1.807, 2.05) is 0 Å². The van der Waals surface area contributed by atoms with Crippen LogP contribution >= 0.6 is 22.9 Å². The van der Waals surface area contributed by atoms with E-state index in [1.54, 1.807) is 0 Å². The van der Waals surface area contributed by atoms with E-state index < -0.39 is 0 Å². The van der Waals surface area contributed by atoms with Gasteiger partial charge in [-0.15, -0.1) is 0 Å². The third-order valence-corrected chi connectivity index (χ3v) is 3.06. The Morgan fingerprint density at radius 3 is 2.36 bits per heavy atom. The fraction of sp³-hybridized carbons (Fsp3) is 1.00. The van der Waals surface area contributed by atoms with Gasteiger partial charge in [0.15, 0.2) is 0 Å². The smallest absolute Gasteiger partial charge is 0.0169 e. The lowest BCUT2D eigenvalue weighted by atomic mass is 9.86. The Balaban J connectivity index is 2.14. The first kappa shape index (κ1) is 9.74. The lowest BCUT2D eigenvalue weighted by molar-refractivity contribution is 0.305. The SMILES string of the molecule is CNC1CCC(CNI)CC1. The van der Waals surface area contributed by atoms with Gasteiger partial charge in [-0.25, -0.2) is 0 Å². The standard InChI is InChI=1S/C8H17IN2/c1-10-8-4-2-7(3-5-8)6-11-9/h7-8,10-11H,2-6H2,1H3. The Hall–Kier alpha value is 0.650. The number of hydrogen-bond donors (Lipinski definition) is 2. The molecule has 0 bridgehead atoms. The Morgan fingerprint density at radius 2 is 1.91 bits per heavy atom. The minimum Gasteiger partial charge on any atom is -0.317 e. The van der Waals surface area contributed by atoms with Crippen LogP contribution in [0.25, 0.3) is 0 Å². The van der Waals surface area contributed by atoms with Gasteiger partial charge in [-0.3, -0.25) is 3.53 Å². The zero-order chi connectivity index (χ0) is 8.10. The van der Waals surface area contributed by atoms with Gasteiger partial charge in [-0.2, -0.15) is 0 Å². The van der Waals surface area contributed by atoms with Crippen molar-refractivity contribution in [1.82, 2.24) is 8.85 Å². The molecule has 1 fully saturated rings. The highest BCUT2D eigenvalue weighted by molar-refractivity contribution is 14.1. The van der Waals surface area contributed by atoms with Crippen molar-refractivity contribution >= 4 is 22.9 Å². The summed E-state index contributed by atoms with van der Waals surface area (Å²) < 4.78 is 3.22. The van der Waals surface area contributed by atoms with Crippen LogP contribution in [-0.2, 0) is 0 Å². The summed E-state index contributed by atoms with van der Waals surface area (Å²) in [5, 5.41) is 3.34. The Labute approximate surface area is 83.0 Å². The first-order valence-corrected chi connectivity index (χ1v) is 5.45. The molecule has 3 heteroatoms. The zero-order valence-electron chi connectivity index (χ0n) is 7.07. The molecule has 0 atom stereocenters. The van der Waals surface area contributed by atoms with E-state index in [9.17, 15) is 0 Å². The molecule has 0 saturated heterocycles. The normalized spacial score (nSPS) is 32.2. The molecule has 0 aromatic rings. The molecule has 11 heavy (non-hydrogen) atoms. The summed E-state index contributed by atoms with van der Waals surface area (Å²) in [6.07, 6.45) is 5.50. The van der Waals surface area contributed by atoms with E-state index in [4.69, 9.17) is 0 Å². The molecule has 0 radical (unpaired) electrons. The summed E-state index contributed by atoms with van der Waals surface area (Å²) in [7, 11) is 2.07. The van der Waals surface area contributed by atoms with Crippen molar-refractivity contribution in [2.45, 2.75) is 31.7 Å². The van der Waals surface area contributed by atoms with Crippen LogP contribution in [0.2, 0.25) is 0 Å². The van der Waals surface area contributed by atoms with Gasteiger partial charge in [0, 0.05) is 35.5 Å². The lowest BCUT2D eigenvalue weighted by Gasteiger charge is -2.27. The summed E-state index contributed by atoms with van der Waals surface area (Å²) in [6, 6.07) is 0.792. The predicted octanol–water partition coefficient (Wildman–Crippen LogP) is 1.70. The molecule has 0 aliphatic heterocycles. The molecule has 0 amide bonds. The summed E-state index contributed by atoms with van der Waals surface area (Å²) in [4.78, 5) is 0. The van der Waals surface area contributed by atoms with Crippen LogP contribution in [0.1, 0.15) is 25.7 Å². The first-order chi connectivity index (χ1) is 5.36. The molecule has 2 nitrogen and oxygen atoms in total.